The largest absolute Gasteiger partial charge is 0.491 e. The number of benzene rings is 1. The van der Waals surface area contributed by atoms with Crippen LogP contribution >= 0.6 is 0 Å². The minimum absolute atomic E-state index is 0.226. The Labute approximate surface area is 121 Å². The summed E-state index contributed by atoms with van der Waals surface area (Å²) < 4.78 is 11.1. The number of hydrogen-bond acceptors (Lipinski definition) is 4. The third-order valence-corrected chi connectivity index (χ3v) is 3.74. The lowest BCUT2D eigenvalue weighted by atomic mass is 10.1. The maximum Gasteiger partial charge on any atom is 0.119 e. The van der Waals surface area contributed by atoms with E-state index in [0.29, 0.717) is 19.2 Å². The predicted octanol–water partition coefficient (Wildman–Crippen LogP) is 1.76. The van der Waals surface area contributed by atoms with Crippen molar-refractivity contribution >= 4 is 0 Å². The van der Waals surface area contributed by atoms with Gasteiger partial charge in [0.1, 0.15) is 18.5 Å². The van der Waals surface area contributed by atoms with E-state index in [1.54, 1.807) is 0 Å². The zero-order valence-corrected chi connectivity index (χ0v) is 12.3. The summed E-state index contributed by atoms with van der Waals surface area (Å²) in [5.74, 6) is 0.820. The molecule has 2 rings (SSSR count). The second kappa shape index (κ2) is 7.62. The van der Waals surface area contributed by atoms with Gasteiger partial charge in [0, 0.05) is 19.2 Å². The van der Waals surface area contributed by atoms with Crippen LogP contribution in [0.3, 0.4) is 0 Å². The van der Waals surface area contributed by atoms with Crippen LogP contribution in [-0.4, -0.2) is 43.1 Å². The maximum absolute atomic E-state index is 9.96. The van der Waals surface area contributed by atoms with Gasteiger partial charge in [0.2, 0.25) is 0 Å². The second-order valence-corrected chi connectivity index (χ2v) is 5.35. The van der Waals surface area contributed by atoms with Crippen LogP contribution in [0.5, 0.6) is 5.75 Å². The summed E-state index contributed by atoms with van der Waals surface area (Å²) in [6.07, 6.45) is 1.71. The smallest absolute Gasteiger partial charge is 0.119 e. The lowest BCUT2D eigenvalue weighted by Crippen LogP contribution is -2.41. The third kappa shape index (κ3) is 4.47. The summed E-state index contributed by atoms with van der Waals surface area (Å²) in [5.41, 5.74) is 1.24. The zero-order chi connectivity index (χ0) is 14.4. The number of ether oxygens (including phenoxy) is 2. The van der Waals surface area contributed by atoms with Crippen molar-refractivity contribution in [2.24, 2.45) is 0 Å². The molecule has 112 valence electrons. The minimum atomic E-state index is -0.506. The highest BCUT2D eigenvalue weighted by Gasteiger charge is 2.24. The molecule has 4 heteroatoms. The Hall–Kier alpha value is -1.10. The van der Waals surface area contributed by atoms with Crippen LogP contribution in [-0.2, 0) is 11.2 Å². The Bertz CT molecular complexity index is 410. The SMILES string of the molecule is CCc1cccc(OCC(O)CNC2CCOC2C)c1. The molecule has 0 bridgehead atoms. The lowest BCUT2D eigenvalue weighted by Gasteiger charge is -2.19. The summed E-state index contributed by atoms with van der Waals surface area (Å²) in [7, 11) is 0. The van der Waals surface area contributed by atoms with Gasteiger partial charge in [0.25, 0.3) is 0 Å². The molecule has 0 radical (unpaired) electrons. The van der Waals surface area contributed by atoms with E-state index < -0.39 is 6.10 Å². The summed E-state index contributed by atoms with van der Waals surface area (Å²) in [4.78, 5) is 0. The van der Waals surface area contributed by atoms with Gasteiger partial charge in [-0.15, -0.1) is 0 Å². The molecule has 1 aliphatic heterocycles. The molecule has 3 unspecified atom stereocenters. The van der Waals surface area contributed by atoms with Gasteiger partial charge >= 0.3 is 0 Å². The highest BCUT2D eigenvalue weighted by molar-refractivity contribution is 5.28. The lowest BCUT2D eigenvalue weighted by molar-refractivity contribution is 0.0897. The van der Waals surface area contributed by atoms with Crippen molar-refractivity contribution in [3.63, 3.8) is 0 Å². The second-order valence-electron chi connectivity index (χ2n) is 5.35. The number of hydrogen-bond donors (Lipinski definition) is 2. The van der Waals surface area contributed by atoms with Gasteiger partial charge in [0.05, 0.1) is 6.10 Å². The number of aryl methyl sites for hydroxylation is 1. The van der Waals surface area contributed by atoms with Crippen molar-refractivity contribution in [2.45, 2.75) is 44.9 Å². The summed E-state index contributed by atoms with van der Waals surface area (Å²) in [5, 5.41) is 13.3. The average Bonchev–Trinajstić information content (AvgIpc) is 2.88. The van der Waals surface area contributed by atoms with Crippen LogP contribution in [0.4, 0.5) is 0 Å². The molecule has 20 heavy (non-hydrogen) atoms. The molecular formula is C16H25NO3. The fourth-order valence-corrected chi connectivity index (χ4v) is 2.39. The molecule has 0 aromatic heterocycles. The van der Waals surface area contributed by atoms with Crippen LogP contribution in [0.25, 0.3) is 0 Å². The van der Waals surface area contributed by atoms with Crippen molar-refractivity contribution in [3.8, 4) is 5.75 Å². The highest BCUT2D eigenvalue weighted by Crippen LogP contribution is 2.14. The molecule has 0 amide bonds. The topological polar surface area (TPSA) is 50.7 Å². The molecule has 1 fully saturated rings. The van der Waals surface area contributed by atoms with E-state index in [0.717, 1.165) is 25.2 Å². The maximum atomic E-state index is 9.96. The van der Waals surface area contributed by atoms with Crippen LogP contribution in [0.15, 0.2) is 24.3 Å². The summed E-state index contributed by atoms with van der Waals surface area (Å²) in [6, 6.07) is 8.34. The molecule has 1 aliphatic rings. The first-order valence-corrected chi connectivity index (χ1v) is 7.44. The quantitative estimate of drug-likeness (QED) is 0.798. The van der Waals surface area contributed by atoms with Crippen molar-refractivity contribution in [3.05, 3.63) is 29.8 Å². The first-order chi connectivity index (χ1) is 9.69. The van der Waals surface area contributed by atoms with Gasteiger partial charge in [-0.25, -0.2) is 0 Å². The first-order valence-electron chi connectivity index (χ1n) is 7.44. The number of aliphatic hydroxyl groups is 1. The molecule has 0 aliphatic carbocycles. The van der Waals surface area contributed by atoms with Gasteiger partial charge in [-0.1, -0.05) is 19.1 Å². The van der Waals surface area contributed by atoms with Gasteiger partial charge in [-0.05, 0) is 37.5 Å². The molecule has 0 saturated carbocycles. The van der Waals surface area contributed by atoms with Crippen molar-refractivity contribution in [1.29, 1.82) is 0 Å². The number of rotatable bonds is 7. The van der Waals surface area contributed by atoms with Crippen molar-refractivity contribution < 1.29 is 14.6 Å². The molecule has 1 aromatic rings. The van der Waals surface area contributed by atoms with E-state index in [2.05, 4.69) is 25.2 Å². The molecular weight excluding hydrogens is 254 g/mol. The molecule has 3 atom stereocenters. The predicted molar refractivity (Wildman–Crippen MR) is 79.1 cm³/mol. The Balaban J connectivity index is 1.70. The van der Waals surface area contributed by atoms with E-state index in [-0.39, 0.29) is 6.10 Å². The fraction of sp³-hybridized carbons (Fsp3) is 0.625. The molecule has 0 spiro atoms. The van der Waals surface area contributed by atoms with Gasteiger partial charge in [-0.2, -0.15) is 0 Å². The van der Waals surface area contributed by atoms with Gasteiger partial charge in [-0.3, -0.25) is 0 Å². The molecule has 1 heterocycles. The molecule has 1 saturated heterocycles. The van der Waals surface area contributed by atoms with E-state index in [4.69, 9.17) is 9.47 Å². The molecule has 2 N–H and O–H groups in total. The van der Waals surface area contributed by atoms with Gasteiger partial charge in [0.15, 0.2) is 0 Å². The molecule has 1 aromatic carbocycles. The Morgan fingerprint density at radius 2 is 2.35 bits per heavy atom. The number of nitrogens with one attached hydrogen (secondary N) is 1. The fourth-order valence-electron chi connectivity index (χ4n) is 2.39. The first kappa shape index (κ1) is 15.3. The van der Waals surface area contributed by atoms with Crippen molar-refractivity contribution in [2.75, 3.05) is 19.8 Å². The highest BCUT2D eigenvalue weighted by atomic mass is 16.5. The third-order valence-electron chi connectivity index (χ3n) is 3.74. The zero-order valence-electron chi connectivity index (χ0n) is 12.3. The van der Waals surface area contributed by atoms with Gasteiger partial charge < -0.3 is 19.9 Å². The van der Waals surface area contributed by atoms with Crippen molar-refractivity contribution in [1.82, 2.24) is 5.32 Å². The number of aliphatic hydroxyl groups excluding tert-OH is 1. The van der Waals surface area contributed by atoms with Crippen LogP contribution < -0.4 is 10.1 Å². The van der Waals surface area contributed by atoms with Crippen LogP contribution in [0.1, 0.15) is 25.8 Å². The summed E-state index contributed by atoms with van der Waals surface area (Å²) >= 11 is 0. The standard InChI is InChI=1S/C16H25NO3/c1-3-13-5-4-6-15(9-13)20-11-14(18)10-17-16-7-8-19-12(16)2/h4-6,9,12,14,16-18H,3,7-8,10-11H2,1-2H3. The van der Waals surface area contributed by atoms with E-state index in [1.807, 2.05) is 18.2 Å². The normalized spacial score (nSPS) is 23.8. The van der Waals surface area contributed by atoms with E-state index >= 15 is 0 Å². The summed E-state index contributed by atoms with van der Waals surface area (Å²) in [6.45, 7) is 5.82. The van der Waals surface area contributed by atoms with Crippen LogP contribution in [0.2, 0.25) is 0 Å². The molecule has 4 nitrogen and oxygen atoms in total. The Morgan fingerprint density at radius 1 is 1.50 bits per heavy atom. The Morgan fingerprint density at radius 3 is 3.05 bits per heavy atom. The Kier molecular flexibility index (Phi) is 5.83. The van der Waals surface area contributed by atoms with E-state index in [1.165, 1.54) is 5.56 Å². The average molecular weight is 279 g/mol. The monoisotopic (exact) mass is 279 g/mol. The minimum Gasteiger partial charge on any atom is -0.491 e. The van der Waals surface area contributed by atoms with Crippen LogP contribution in [0, 0.1) is 0 Å². The van der Waals surface area contributed by atoms with E-state index in [9.17, 15) is 5.11 Å².